The summed E-state index contributed by atoms with van der Waals surface area (Å²) >= 11 is 0. The number of benzene rings is 1. The second-order valence-electron chi connectivity index (χ2n) is 4.46. The largest absolute Gasteiger partial charge is 0.370 e. The Morgan fingerprint density at radius 2 is 2.12 bits per heavy atom. The second kappa shape index (κ2) is 4.72. The van der Waals surface area contributed by atoms with Gasteiger partial charge in [0.1, 0.15) is 0 Å². The molecule has 2 heterocycles. The number of rotatable bonds is 1. The summed E-state index contributed by atoms with van der Waals surface area (Å²) in [4.78, 5) is 6.71. The Kier molecular flexibility index (Phi) is 2.92. The molecule has 0 bridgehead atoms. The van der Waals surface area contributed by atoms with Gasteiger partial charge in [0, 0.05) is 43.1 Å². The summed E-state index contributed by atoms with van der Waals surface area (Å²) in [5.74, 6) is 0. The predicted molar refractivity (Wildman–Crippen MR) is 71.4 cm³/mol. The third-order valence-corrected chi connectivity index (χ3v) is 3.34. The van der Waals surface area contributed by atoms with Crippen molar-refractivity contribution >= 4 is 16.5 Å². The maximum atomic E-state index is 4.25. The molecule has 1 aliphatic rings. The first-order chi connectivity index (χ1) is 8.45. The fraction of sp³-hybridized carbons (Fsp3) is 0.357. The Hall–Kier alpha value is -1.61. The van der Waals surface area contributed by atoms with Crippen molar-refractivity contribution in [3.8, 4) is 0 Å². The maximum Gasteiger partial charge on any atom is 0.0461 e. The van der Waals surface area contributed by atoms with Gasteiger partial charge in [-0.15, -0.1) is 0 Å². The van der Waals surface area contributed by atoms with Gasteiger partial charge in [0.15, 0.2) is 0 Å². The van der Waals surface area contributed by atoms with Crippen LogP contribution in [0.2, 0.25) is 0 Å². The molecule has 3 heteroatoms. The van der Waals surface area contributed by atoms with Crippen LogP contribution < -0.4 is 10.2 Å². The van der Waals surface area contributed by atoms with Gasteiger partial charge in [0.25, 0.3) is 0 Å². The van der Waals surface area contributed by atoms with E-state index in [9.17, 15) is 0 Å². The summed E-state index contributed by atoms with van der Waals surface area (Å²) in [6.07, 6.45) is 5.04. The summed E-state index contributed by atoms with van der Waals surface area (Å²) in [6.45, 7) is 4.39. The van der Waals surface area contributed by atoms with Crippen LogP contribution in [0.4, 0.5) is 5.69 Å². The van der Waals surface area contributed by atoms with E-state index in [1.807, 2.05) is 12.4 Å². The smallest absolute Gasteiger partial charge is 0.0461 e. The van der Waals surface area contributed by atoms with Gasteiger partial charge in [-0.25, -0.2) is 0 Å². The monoisotopic (exact) mass is 227 g/mol. The van der Waals surface area contributed by atoms with E-state index in [1.165, 1.54) is 22.9 Å². The van der Waals surface area contributed by atoms with Crippen LogP contribution in [-0.4, -0.2) is 31.2 Å². The van der Waals surface area contributed by atoms with Gasteiger partial charge in [-0.05, 0) is 30.5 Å². The Bertz CT molecular complexity index is 496. The SMILES string of the molecule is c1cc(N2CCCNCC2)c2cnccc2c1. The van der Waals surface area contributed by atoms with Crippen LogP contribution in [0.3, 0.4) is 0 Å². The zero-order valence-corrected chi connectivity index (χ0v) is 9.89. The van der Waals surface area contributed by atoms with Gasteiger partial charge in [-0.3, -0.25) is 4.98 Å². The lowest BCUT2D eigenvalue weighted by atomic mass is 10.1. The zero-order valence-electron chi connectivity index (χ0n) is 9.89. The molecule has 17 heavy (non-hydrogen) atoms. The van der Waals surface area contributed by atoms with E-state index in [1.54, 1.807) is 0 Å². The zero-order chi connectivity index (χ0) is 11.5. The lowest BCUT2D eigenvalue weighted by molar-refractivity contribution is 0.724. The summed E-state index contributed by atoms with van der Waals surface area (Å²) in [6, 6.07) is 8.57. The minimum atomic E-state index is 1.07. The molecule has 0 aliphatic carbocycles. The molecule has 1 aromatic carbocycles. The number of hydrogen-bond donors (Lipinski definition) is 1. The highest BCUT2D eigenvalue weighted by atomic mass is 15.2. The molecule has 3 nitrogen and oxygen atoms in total. The number of pyridine rings is 1. The summed E-state index contributed by atoms with van der Waals surface area (Å²) in [5, 5.41) is 5.97. The van der Waals surface area contributed by atoms with Gasteiger partial charge >= 0.3 is 0 Å². The molecular weight excluding hydrogens is 210 g/mol. The van der Waals surface area contributed by atoms with Crippen molar-refractivity contribution in [1.82, 2.24) is 10.3 Å². The quantitative estimate of drug-likeness (QED) is 0.808. The van der Waals surface area contributed by atoms with Gasteiger partial charge in [0.2, 0.25) is 0 Å². The number of aromatic nitrogens is 1. The van der Waals surface area contributed by atoms with Crippen LogP contribution >= 0.6 is 0 Å². The van der Waals surface area contributed by atoms with E-state index in [0.717, 1.165) is 26.2 Å². The van der Waals surface area contributed by atoms with E-state index < -0.39 is 0 Å². The van der Waals surface area contributed by atoms with E-state index in [2.05, 4.69) is 39.5 Å². The van der Waals surface area contributed by atoms with Crippen LogP contribution in [-0.2, 0) is 0 Å². The number of fused-ring (bicyclic) bond motifs is 1. The lowest BCUT2D eigenvalue weighted by Gasteiger charge is -2.23. The Balaban J connectivity index is 2.03. The molecule has 2 aromatic rings. The highest BCUT2D eigenvalue weighted by Gasteiger charge is 2.11. The highest BCUT2D eigenvalue weighted by Crippen LogP contribution is 2.26. The number of anilines is 1. The van der Waals surface area contributed by atoms with Crippen LogP contribution in [0.5, 0.6) is 0 Å². The topological polar surface area (TPSA) is 28.2 Å². The first-order valence-corrected chi connectivity index (χ1v) is 6.23. The highest BCUT2D eigenvalue weighted by molar-refractivity contribution is 5.93. The fourth-order valence-corrected chi connectivity index (χ4v) is 2.46. The summed E-state index contributed by atoms with van der Waals surface area (Å²) < 4.78 is 0. The first-order valence-electron chi connectivity index (χ1n) is 6.23. The molecule has 0 saturated carbocycles. The molecule has 0 spiro atoms. The van der Waals surface area contributed by atoms with E-state index in [0.29, 0.717) is 0 Å². The van der Waals surface area contributed by atoms with Gasteiger partial charge in [-0.2, -0.15) is 0 Å². The average molecular weight is 227 g/mol. The maximum absolute atomic E-state index is 4.25. The number of nitrogens with zero attached hydrogens (tertiary/aromatic N) is 2. The fourth-order valence-electron chi connectivity index (χ4n) is 2.46. The van der Waals surface area contributed by atoms with Crippen molar-refractivity contribution in [3.05, 3.63) is 36.7 Å². The third-order valence-electron chi connectivity index (χ3n) is 3.34. The van der Waals surface area contributed by atoms with Crippen LogP contribution in [0, 0.1) is 0 Å². The summed E-state index contributed by atoms with van der Waals surface area (Å²) in [5.41, 5.74) is 1.32. The standard InChI is InChI=1S/C14H17N3/c1-3-12-5-7-16-11-13(12)14(4-1)17-9-2-6-15-8-10-17/h1,3-5,7,11,15H,2,6,8-10H2. The lowest BCUT2D eigenvalue weighted by Crippen LogP contribution is -2.27. The van der Waals surface area contributed by atoms with Crippen LogP contribution in [0.1, 0.15) is 6.42 Å². The molecule has 0 amide bonds. The third kappa shape index (κ3) is 2.11. The Morgan fingerprint density at radius 1 is 1.12 bits per heavy atom. The molecule has 0 radical (unpaired) electrons. The van der Waals surface area contributed by atoms with Crippen molar-refractivity contribution in [3.63, 3.8) is 0 Å². The van der Waals surface area contributed by atoms with Crippen LogP contribution in [0.25, 0.3) is 10.8 Å². The normalized spacial score (nSPS) is 17.1. The van der Waals surface area contributed by atoms with E-state index >= 15 is 0 Å². The number of nitrogens with one attached hydrogen (secondary N) is 1. The van der Waals surface area contributed by atoms with Crippen molar-refractivity contribution in [2.75, 3.05) is 31.1 Å². The minimum Gasteiger partial charge on any atom is -0.370 e. The predicted octanol–water partition coefficient (Wildman–Crippen LogP) is 2.03. The van der Waals surface area contributed by atoms with Crippen molar-refractivity contribution < 1.29 is 0 Å². The van der Waals surface area contributed by atoms with Crippen LogP contribution in [0.15, 0.2) is 36.7 Å². The molecule has 0 atom stereocenters. The van der Waals surface area contributed by atoms with E-state index in [-0.39, 0.29) is 0 Å². The molecule has 3 rings (SSSR count). The van der Waals surface area contributed by atoms with Crippen molar-refractivity contribution in [2.24, 2.45) is 0 Å². The molecule has 1 N–H and O–H groups in total. The van der Waals surface area contributed by atoms with E-state index in [4.69, 9.17) is 0 Å². The summed E-state index contributed by atoms with van der Waals surface area (Å²) in [7, 11) is 0. The Labute approximate surface area is 101 Å². The average Bonchev–Trinajstić information content (AvgIpc) is 2.67. The van der Waals surface area contributed by atoms with Gasteiger partial charge < -0.3 is 10.2 Å². The van der Waals surface area contributed by atoms with Crippen molar-refractivity contribution in [1.29, 1.82) is 0 Å². The molecular formula is C14H17N3. The van der Waals surface area contributed by atoms with Gasteiger partial charge in [0.05, 0.1) is 0 Å². The van der Waals surface area contributed by atoms with Crippen molar-refractivity contribution in [2.45, 2.75) is 6.42 Å². The van der Waals surface area contributed by atoms with Gasteiger partial charge in [-0.1, -0.05) is 12.1 Å². The Morgan fingerprint density at radius 3 is 3.12 bits per heavy atom. The molecule has 1 aromatic heterocycles. The molecule has 0 unspecified atom stereocenters. The second-order valence-corrected chi connectivity index (χ2v) is 4.46. The molecule has 1 aliphatic heterocycles. The molecule has 1 fully saturated rings. The number of hydrogen-bond acceptors (Lipinski definition) is 3. The molecule has 1 saturated heterocycles. The minimum absolute atomic E-state index is 1.07. The first kappa shape index (κ1) is 10.5. The molecule has 88 valence electrons.